The van der Waals surface area contributed by atoms with Gasteiger partial charge in [0.15, 0.2) is 0 Å². The van der Waals surface area contributed by atoms with Gasteiger partial charge >= 0.3 is 0 Å². The molecule has 0 saturated heterocycles. The van der Waals surface area contributed by atoms with Crippen molar-refractivity contribution in [2.75, 3.05) is 11.4 Å². The van der Waals surface area contributed by atoms with Gasteiger partial charge < -0.3 is 4.90 Å². The van der Waals surface area contributed by atoms with Crippen LogP contribution in [0.4, 0.5) is 11.4 Å². The average molecular weight is 489 g/mol. The van der Waals surface area contributed by atoms with E-state index in [1.165, 1.54) is 112 Å². The summed E-state index contributed by atoms with van der Waals surface area (Å²) in [4.78, 5) is 2.41. The van der Waals surface area contributed by atoms with Gasteiger partial charge in [0.1, 0.15) is 0 Å². The van der Waals surface area contributed by atoms with Crippen molar-refractivity contribution in [1.82, 2.24) is 15.0 Å². The second kappa shape index (κ2) is 16.9. The molecule has 4 nitrogen and oxygen atoms in total. The molecule has 0 fully saturated rings. The van der Waals surface area contributed by atoms with Crippen molar-refractivity contribution in [3.63, 3.8) is 0 Å². The predicted octanol–water partition coefficient (Wildman–Crippen LogP) is 8.92. The van der Waals surface area contributed by atoms with E-state index >= 15 is 0 Å². The van der Waals surface area contributed by atoms with E-state index in [1.54, 1.807) is 6.20 Å². The van der Waals surface area contributed by atoms with Crippen LogP contribution in [-0.4, -0.2) is 21.5 Å². The summed E-state index contributed by atoms with van der Waals surface area (Å²) in [6.07, 6.45) is 22.2. The van der Waals surface area contributed by atoms with Gasteiger partial charge in [-0.15, -0.1) is 5.10 Å². The lowest BCUT2D eigenvalue weighted by Crippen LogP contribution is -2.22. The molecule has 0 aliphatic carbocycles. The first-order valence-corrected chi connectivity index (χ1v) is 14.6. The van der Waals surface area contributed by atoms with E-state index in [-0.39, 0.29) is 0 Å². The molecule has 0 N–H and O–H groups in total. The number of rotatable bonds is 19. The Morgan fingerprint density at radius 1 is 0.611 bits per heavy atom. The quantitative estimate of drug-likeness (QED) is 0.158. The number of nitrogens with zero attached hydrogens (tertiary/aromatic N) is 4. The molecule has 1 aromatic heterocycles. The predicted molar refractivity (Wildman–Crippen MR) is 154 cm³/mol. The molecule has 0 saturated carbocycles. The molecule has 3 aromatic rings. The standard InChI is InChI=1S/C32H48N4/c1-3-5-7-9-11-13-15-29-17-21-31(22-18-29)36(28-27-35-26-25-33-34-35)32-23-19-30(20-24-32)16-14-12-10-8-6-4-2/h17-26H,3-16,27-28H2,1-2H3. The second-order valence-corrected chi connectivity index (χ2v) is 10.2. The number of benzene rings is 2. The largest absolute Gasteiger partial charge is 0.340 e. The first-order valence-electron chi connectivity index (χ1n) is 14.6. The zero-order valence-electron chi connectivity index (χ0n) is 22.9. The van der Waals surface area contributed by atoms with Crippen LogP contribution in [0.25, 0.3) is 0 Å². The fraction of sp³-hybridized carbons (Fsp3) is 0.562. The molecule has 0 unspecified atom stereocenters. The van der Waals surface area contributed by atoms with Crippen LogP contribution in [0.3, 0.4) is 0 Å². The third-order valence-corrected chi connectivity index (χ3v) is 7.16. The topological polar surface area (TPSA) is 34.0 Å². The van der Waals surface area contributed by atoms with E-state index < -0.39 is 0 Å². The highest BCUT2D eigenvalue weighted by Crippen LogP contribution is 2.27. The van der Waals surface area contributed by atoms with Crippen molar-refractivity contribution in [2.45, 2.75) is 110 Å². The Morgan fingerprint density at radius 2 is 1.08 bits per heavy atom. The van der Waals surface area contributed by atoms with E-state index in [4.69, 9.17) is 0 Å². The molecular formula is C32H48N4. The summed E-state index contributed by atoms with van der Waals surface area (Å²) in [7, 11) is 0. The number of hydrogen-bond donors (Lipinski definition) is 0. The van der Waals surface area contributed by atoms with Crippen molar-refractivity contribution >= 4 is 11.4 Å². The minimum absolute atomic E-state index is 0.805. The molecule has 196 valence electrons. The fourth-order valence-electron chi connectivity index (χ4n) is 4.87. The molecule has 1 heterocycles. The lowest BCUT2D eigenvalue weighted by atomic mass is 10.0. The van der Waals surface area contributed by atoms with Gasteiger partial charge in [-0.05, 0) is 61.1 Å². The van der Waals surface area contributed by atoms with E-state index in [0.717, 1.165) is 13.1 Å². The van der Waals surface area contributed by atoms with Gasteiger partial charge in [0.2, 0.25) is 0 Å². The lowest BCUT2D eigenvalue weighted by Gasteiger charge is -2.25. The Morgan fingerprint density at radius 3 is 1.53 bits per heavy atom. The number of aryl methyl sites for hydroxylation is 2. The lowest BCUT2D eigenvalue weighted by molar-refractivity contribution is 0.593. The van der Waals surface area contributed by atoms with Crippen molar-refractivity contribution in [3.05, 3.63) is 72.1 Å². The van der Waals surface area contributed by atoms with Gasteiger partial charge in [0.25, 0.3) is 0 Å². The van der Waals surface area contributed by atoms with Crippen LogP contribution in [0.5, 0.6) is 0 Å². The van der Waals surface area contributed by atoms with Crippen molar-refractivity contribution in [1.29, 1.82) is 0 Å². The minimum atomic E-state index is 0.805. The molecule has 2 aromatic carbocycles. The van der Waals surface area contributed by atoms with E-state index in [1.807, 2.05) is 10.9 Å². The number of unbranched alkanes of at least 4 members (excludes halogenated alkanes) is 10. The minimum Gasteiger partial charge on any atom is -0.340 e. The Balaban J connectivity index is 1.57. The summed E-state index contributed by atoms with van der Waals surface area (Å²) in [5.41, 5.74) is 5.37. The number of aromatic nitrogens is 3. The van der Waals surface area contributed by atoms with Crippen molar-refractivity contribution < 1.29 is 0 Å². The molecule has 0 amide bonds. The first-order chi connectivity index (χ1) is 17.8. The molecule has 3 rings (SSSR count). The zero-order valence-corrected chi connectivity index (χ0v) is 22.9. The first kappa shape index (κ1) is 28.0. The molecule has 36 heavy (non-hydrogen) atoms. The Kier molecular flexibility index (Phi) is 13.2. The second-order valence-electron chi connectivity index (χ2n) is 10.2. The van der Waals surface area contributed by atoms with E-state index in [0.29, 0.717) is 0 Å². The Bertz CT molecular complexity index is 856. The number of hydrogen-bond acceptors (Lipinski definition) is 3. The van der Waals surface area contributed by atoms with Crippen LogP contribution in [0.1, 0.15) is 102 Å². The highest BCUT2D eigenvalue weighted by Gasteiger charge is 2.11. The van der Waals surface area contributed by atoms with Gasteiger partial charge in [0, 0.05) is 24.1 Å². The van der Waals surface area contributed by atoms with Gasteiger partial charge in [-0.3, -0.25) is 4.68 Å². The third-order valence-electron chi connectivity index (χ3n) is 7.16. The summed E-state index contributed by atoms with van der Waals surface area (Å²) < 4.78 is 1.91. The molecule has 0 spiro atoms. The summed E-state index contributed by atoms with van der Waals surface area (Å²) in [5.74, 6) is 0. The van der Waals surface area contributed by atoms with Crippen LogP contribution in [0, 0.1) is 0 Å². The van der Waals surface area contributed by atoms with Crippen LogP contribution < -0.4 is 4.90 Å². The van der Waals surface area contributed by atoms with Crippen LogP contribution >= 0.6 is 0 Å². The molecule has 0 aliphatic heterocycles. The maximum absolute atomic E-state index is 4.16. The van der Waals surface area contributed by atoms with E-state index in [2.05, 4.69) is 77.6 Å². The SMILES string of the molecule is CCCCCCCCc1ccc(N(CCn2ccnn2)c2ccc(CCCCCCCC)cc2)cc1. The van der Waals surface area contributed by atoms with E-state index in [9.17, 15) is 0 Å². The molecule has 0 atom stereocenters. The number of anilines is 2. The highest BCUT2D eigenvalue weighted by molar-refractivity contribution is 5.63. The molecule has 4 heteroatoms. The van der Waals surface area contributed by atoms with Crippen LogP contribution in [0.15, 0.2) is 60.9 Å². The third kappa shape index (κ3) is 10.2. The maximum atomic E-state index is 4.16. The Hall–Kier alpha value is -2.62. The summed E-state index contributed by atoms with van der Waals surface area (Å²) >= 11 is 0. The monoisotopic (exact) mass is 488 g/mol. The van der Waals surface area contributed by atoms with Crippen LogP contribution in [0.2, 0.25) is 0 Å². The van der Waals surface area contributed by atoms with Crippen molar-refractivity contribution in [2.24, 2.45) is 0 Å². The Labute approximate surface area is 220 Å². The molecule has 0 bridgehead atoms. The maximum Gasteiger partial charge on any atom is 0.0692 e. The summed E-state index contributed by atoms with van der Waals surface area (Å²) in [6, 6.07) is 18.4. The fourth-order valence-corrected chi connectivity index (χ4v) is 4.87. The molecular weight excluding hydrogens is 440 g/mol. The zero-order chi connectivity index (χ0) is 25.3. The van der Waals surface area contributed by atoms with Gasteiger partial charge in [-0.1, -0.05) is 108 Å². The summed E-state index contributed by atoms with van der Waals surface area (Å²) in [5, 5.41) is 8.13. The molecule has 0 radical (unpaired) electrons. The van der Waals surface area contributed by atoms with Gasteiger partial charge in [-0.25, -0.2) is 0 Å². The highest BCUT2D eigenvalue weighted by atomic mass is 15.4. The summed E-state index contributed by atoms with van der Waals surface area (Å²) in [6.45, 7) is 6.22. The van der Waals surface area contributed by atoms with Crippen LogP contribution in [-0.2, 0) is 19.4 Å². The van der Waals surface area contributed by atoms with Crippen molar-refractivity contribution in [3.8, 4) is 0 Å². The van der Waals surface area contributed by atoms with Gasteiger partial charge in [0.05, 0.1) is 12.7 Å². The smallest absolute Gasteiger partial charge is 0.0692 e. The van der Waals surface area contributed by atoms with Gasteiger partial charge in [-0.2, -0.15) is 0 Å². The normalized spacial score (nSPS) is 11.2. The average Bonchev–Trinajstić information content (AvgIpc) is 3.43. The molecule has 0 aliphatic rings.